The SMILES string of the molecule is COc1ccc(C(=O)NNC(=O)COC(=O)C2CCC(C(C)(C)C)CC2)cc1. The van der Waals surface area contributed by atoms with E-state index < -0.39 is 18.4 Å². The number of carbonyl (C=O) groups excluding carboxylic acids is 3. The van der Waals surface area contributed by atoms with E-state index in [9.17, 15) is 14.4 Å². The van der Waals surface area contributed by atoms with Gasteiger partial charge in [0.05, 0.1) is 13.0 Å². The summed E-state index contributed by atoms with van der Waals surface area (Å²) in [4.78, 5) is 36.0. The summed E-state index contributed by atoms with van der Waals surface area (Å²) in [7, 11) is 1.53. The predicted octanol–water partition coefficient (Wildman–Crippen LogP) is 2.85. The molecular weight excluding hydrogens is 360 g/mol. The van der Waals surface area contributed by atoms with Crippen LogP contribution in [0.3, 0.4) is 0 Å². The molecular formula is C21H30N2O5. The summed E-state index contributed by atoms with van der Waals surface area (Å²) in [6.07, 6.45) is 3.56. The number of benzene rings is 1. The standard InChI is InChI=1S/C21H30N2O5/c1-21(2,3)16-9-5-15(6-10-16)20(26)28-13-18(24)22-23-19(25)14-7-11-17(27-4)12-8-14/h7-8,11-12,15-16H,5-6,9-10,13H2,1-4H3,(H,22,24)(H,23,25). The maximum absolute atomic E-state index is 12.2. The molecule has 2 N–H and O–H groups in total. The molecule has 0 unspecified atom stereocenters. The molecule has 1 fully saturated rings. The minimum absolute atomic E-state index is 0.153. The molecule has 0 saturated heterocycles. The van der Waals surface area contributed by atoms with E-state index >= 15 is 0 Å². The second-order valence-corrected chi connectivity index (χ2v) is 8.25. The van der Waals surface area contributed by atoms with Crippen molar-refractivity contribution in [3.05, 3.63) is 29.8 Å². The molecule has 28 heavy (non-hydrogen) atoms. The van der Waals surface area contributed by atoms with Crippen LogP contribution < -0.4 is 15.6 Å². The Hall–Kier alpha value is -2.57. The van der Waals surface area contributed by atoms with Crippen LogP contribution in [0.4, 0.5) is 0 Å². The Balaban J connectivity index is 1.69. The smallest absolute Gasteiger partial charge is 0.309 e. The summed E-state index contributed by atoms with van der Waals surface area (Å²) >= 11 is 0. The summed E-state index contributed by atoms with van der Waals surface area (Å²) < 4.78 is 10.1. The number of amides is 2. The Morgan fingerprint density at radius 1 is 1.00 bits per heavy atom. The third-order valence-corrected chi connectivity index (χ3v) is 5.30. The highest BCUT2D eigenvalue weighted by molar-refractivity contribution is 5.95. The van der Waals surface area contributed by atoms with Crippen molar-refractivity contribution in [2.24, 2.45) is 17.3 Å². The number of hydrazine groups is 1. The lowest BCUT2D eigenvalue weighted by molar-refractivity contribution is -0.154. The first kappa shape index (κ1) is 21.7. The van der Waals surface area contributed by atoms with Gasteiger partial charge in [0.15, 0.2) is 6.61 Å². The van der Waals surface area contributed by atoms with Gasteiger partial charge in [-0.05, 0) is 61.3 Å². The van der Waals surface area contributed by atoms with Crippen LogP contribution in [0.1, 0.15) is 56.8 Å². The number of ether oxygens (including phenoxy) is 2. The van der Waals surface area contributed by atoms with Crippen LogP contribution in [0.2, 0.25) is 0 Å². The van der Waals surface area contributed by atoms with Crippen LogP contribution in [0.5, 0.6) is 5.75 Å². The third-order valence-electron chi connectivity index (χ3n) is 5.30. The summed E-state index contributed by atoms with van der Waals surface area (Å²) in [5.41, 5.74) is 5.16. The van der Waals surface area contributed by atoms with E-state index in [0.29, 0.717) is 17.2 Å². The Labute approximate surface area is 166 Å². The van der Waals surface area contributed by atoms with Crippen molar-refractivity contribution in [3.63, 3.8) is 0 Å². The Bertz CT molecular complexity index is 686. The first-order valence-electron chi connectivity index (χ1n) is 9.60. The normalized spacial score (nSPS) is 19.4. The molecule has 2 rings (SSSR count). The van der Waals surface area contributed by atoms with Crippen LogP contribution in [0.25, 0.3) is 0 Å². The first-order chi connectivity index (χ1) is 13.2. The molecule has 1 aromatic rings. The molecule has 0 heterocycles. The quantitative estimate of drug-likeness (QED) is 0.596. The molecule has 7 heteroatoms. The highest BCUT2D eigenvalue weighted by atomic mass is 16.5. The molecule has 0 radical (unpaired) electrons. The minimum atomic E-state index is -0.585. The summed E-state index contributed by atoms with van der Waals surface area (Å²) in [5.74, 6) is -0.317. The van der Waals surface area contributed by atoms with Gasteiger partial charge in [0.2, 0.25) is 0 Å². The van der Waals surface area contributed by atoms with E-state index in [1.165, 1.54) is 7.11 Å². The van der Waals surface area contributed by atoms with Gasteiger partial charge < -0.3 is 9.47 Å². The lowest BCUT2D eigenvalue weighted by atomic mass is 9.70. The Morgan fingerprint density at radius 3 is 2.14 bits per heavy atom. The lowest BCUT2D eigenvalue weighted by Crippen LogP contribution is -2.44. The number of rotatable bonds is 5. The fraction of sp³-hybridized carbons (Fsp3) is 0.571. The molecule has 0 bridgehead atoms. The van der Waals surface area contributed by atoms with Gasteiger partial charge in [0.25, 0.3) is 11.8 Å². The van der Waals surface area contributed by atoms with Gasteiger partial charge in [0, 0.05) is 5.56 Å². The van der Waals surface area contributed by atoms with Crippen molar-refractivity contribution in [2.45, 2.75) is 46.5 Å². The second-order valence-electron chi connectivity index (χ2n) is 8.25. The molecule has 0 spiro atoms. The average Bonchev–Trinajstić information content (AvgIpc) is 2.69. The number of nitrogens with one attached hydrogen (secondary N) is 2. The zero-order valence-corrected chi connectivity index (χ0v) is 17.0. The van der Waals surface area contributed by atoms with Crippen LogP contribution in [-0.2, 0) is 14.3 Å². The highest BCUT2D eigenvalue weighted by Crippen LogP contribution is 2.40. The molecule has 0 aromatic heterocycles. The van der Waals surface area contributed by atoms with Gasteiger partial charge in [-0.25, -0.2) is 0 Å². The Morgan fingerprint density at radius 2 is 1.61 bits per heavy atom. The lowest BCUT2D eigenvalue weighted by Gasteiger charge is -2.36. The third kappa shape index (κ3) is 6.25. The molecule has 2 amide bonds. The number of hydrogen-bond donors (Lipinski definition) is 2. The molecule has 1 aliphatic carbocycles. The van der Waals surface area contributed by atoms with Crippen LogP contribution in [-0.4, -0.2) is 31.5 Å². The van der Waals surface area contributed by atoms with Crippen molar-refractivity contribution < 1.29 is 23.9 Å². The van der Waals surface area contributed by atoms with E-state index in [0.717, 1.165) is 25.7 Å². The fourth-order valence-electron chi connectivity index (χ4n) is 3.43. The summed E-state index contributed by atoms with van der Waals surface area (Å²) in [6.45, 7) is 6.25. The van der Waals surface area contributed by atoms with Gasteiger partial charge in [-0.15, -0.1) is 0 Å². The van der Waals surface area contributed by atoms with Gasteiger partial charge >= 0.3 is 5.97 Å². The molecule has 1 aliphatic rings. The number of esters is 1. The maximum atomic E-state index is 12.2. The average molecular weight is 390 g/mol. The minimum Gasteiger partial charge on any atom is -0.497 e. The number of methoxy groups -OCH3 is 1. The van der Waals surface area contributed by atoms with E-state index in [-0.39, 0.29) is 17.3 Å². The van der Waals surface area contributed by atoms with Gasteiger partial charge in [-0.1, -0.05) is 20.8 Å². The van der Waals surface area contributed by atoms with Crippen LogP contribution >= 0.6 is 0 Å². The summed E-state index contributed by atoms with van der Waals surface area (Å²) in [6, 6.07) is 6.45. The van der Waals surface area contributed by atoms with E-state index in [4.69, 9.17) is 9.47 Å². The number of carbonyl (C=O) groups is 3. The van der Waals surface area contributed by atoms with E-state index in [1.807, 2.05) is 0 Å². The van der Waals surface area contributed by atoms with Crippen LogP contribution in [0, 0.1) is 17.3 Å². The molecule has 0 atom stereocenters. The fourth-order valence-corrected chi connectivity index (χ4v) is 3.43. The largest absolute Gasteiger partial charge is 0.497 e. The monoisotopic (exact) mass is 390 g/mol. The van der Waals surface area contributed by atoms with Gasteiger partial charge in [0.1, 0.15) is 5.75 Å². The zero-order chi connectivity index (χ0) is 20.7. The van der Waals surface area contributed by atoms with Crippen LogP contribution in [0.15, 0.2) is 24.3 Å². The maximum Gasteiger partial charge on any atom is 0.309 e. The topological polar surface area (TPSA) is 93.7 Å². The van der Waals surface area contributed by atoms with Crippen molar-refractivity contribution in [3.8, 4) is 5.75 Å². The van der Waals surface area contributed by atoms with Crippen molar-refractivity contribution >= 4 is 17.8 Å². The zero-order valence-electron chi connectivity index (χ0n) is 17.0. The highest BCUT2D eigenvalue weighted by Gasteiger charge is 2.33. The van der Waals surface area contributed by atoms with Gasteiger partial charge in [-0.2, -0.15) is 0 Å². The van der Waals surface area contributed by atoms with Gasteiger partial charge in [-0.3, -0.25) is 25.2 Å². The predicted molar refractivity (Wildman–Crippen MR) is 104 cm³/mol. The number of hydrogen-bond acceptors (Lipinski definition) is 5. The molecule has 1 aromatic carbocycles. The van der Waals surface area contributed by atoms with E-state index in [1.54, 1.807) is 24.3 Å². The molecule has 154 valence electrons. The van der Waals surface area contributed by atoms with Crippen molar-refractivity contribution in [2.75, 3.05) is 13.7 Å². The summed E-state index contributed by atoms with van der Waals surface area (Å²) in [5, 5.41) is 0. The Kier molecular flexibility index (Phi) is 7.43. The molecule has 7 nitrogen and oxygen atoms in total. The van der Waals surface area contributed by atoms with Crippen molar-refractivity contribution in [1.29, 1.82) is 0 Å². The molecule has 1 saturated carbocycles. The first-order valence-corrected chi connectivity index (χ1v) is 9.60. The van der Waals surface area contributed by atoms with E-state index in [2.05, 4.69) is 31.6 Å². The second kappa shape index (κ2) is 9.57. The molecule has 0 aliphatic heterocycles. The van der Waals surface area contributed by atoms with Crippen molar-refractivity contribution in [1.82, 2.24) is 10.9 Å².